The van der Waals surface area contributed by atoms with Crippen LogP contribution in [0.1, 0.15) is 25.8 Å². The van der Waals surface area contributed by atoms with E-state index in [-0.39, 0.29) is 23.5 Å². The summed E-state index contributed by atoms with van der Waals surface area (Å²) in [5.74, 6) is 0.259. The number of hydrogen-bond acceptors (Lipinski definition) is 3. The van der Waals surface area contributed by atoms with E-state index in [9.17, 15) is 9.90 Å². The van der Waals surface area contributed by atoms with Gasteiger partial charge in [0.2, 0.25) is 0 Å². The van der Waals surface area contributed by atoms with E-state index in [1.807, 2.05) is 26.0 Å². The van der Waals surface area contributed by atoms with Gasteiger partial charge in [0.05, 0.1) is 12.5 Å². The SMILES string of the molecule is CCOc1cccc(CC(C)C2CC2C(=O)O)c1O. The minimum absolute atomic E-state index is 0.184. The summed E-state index contributed by atoms with van der Waals surface area (Å²) in [5.41, 5.74) is 0.828. The Morgan fingerprint density at radius 1 is 1.53 bits per heavy atom. The van der Waals surface area contributed by atoms with Gasteiger partial charge in [0.1, 0.15) is 0 Å². The van der Waals surface area contributed by atoms with Crippen LogP contribution in [0.5, 0.6) is 11.5 Å². The fourth-order valence-corrected chi connectivity index (χ4v) is 2.63. The highest BCUT2D eigenvalue weighted by Crippen LogP contribution is 2.46. The second kappa shape index (κ2) is 5.51. The Balaban J connectivity index is 2.03. The average molecular weight is 264 g/mol. The van der Waals surface area contributed by atoms with Crippen LogP contribution in [-0.2, 0) is 11.2 Å². The van der Waals surface area contributed by atoms with Crippen LogP contribution in [0.25, 0.3) is 0 Å². The molecule has 2 rings (SSSR count). The zero-order valence-electron chi connectivity index (χ0n) is 11.3. The summed E-state index contributed by atoms with van der Waals surface area (Å²) >= 11 is 0. The van der Waals surface area contributed by atoms with E-state index in [0.717, 1.165) is 12.0 Å². The number of phenolic OH excluding ortho intramolecular Hbond substituents is 1. The summed E-state index contributed by atoms with van der Waals surface area (Å²) in [6.07, 6.45) is 1.43. The fourth-order valence-electron chi connectivity index (χ4n) is 2.63. The van der Waals surface area contributed by atoms with Crippen molar-refractivity contribution in [1.29, 1.82) is 0 Å². The summed E-state index contributed by atoms with van der Waals surface area (Å²) < 4.78 is 5.35. The molecule has 0 amide bonds. The first-order chi connectivity index (χ1) is 9.04. The first kappa shape index (κ1) is 13.7. The first-order valence-corrected chi connectivity index (χ1v) is 6.71. The van der Waals surface area contributed by atoms with Crippen LogP contribution in [0, 0.1) is 17.8 Å². The van der Waals surface area contributed by atoms with Gasteiger partial charge in [-0.15, -0.1) is 0 Å². The zero-order chi connectivity index (χ0) is 14.0. The molecule has 1 aliphatic rings. The van der Waals surface area contributed by atoms with Crippen LogP contribution in [0.15, 0.2) is 18.2 Å². The Morgan fingerprint density at radius 3 is 2.84 bits per heavy atom. The lowest BCUT2D eigenvalue weighted by Gasteiger charge is -2.14. The molecule has 1 aromatic carbocycles. The monoisotopic (exact) mass is 264 g/mol. The Morgan fingerprint density at radius 2 is 2.26 bits per heavy atom. The van der Waals surface area contributed by atoms with Crippen molar-refractivity contribution in [2.24, 2.45) is 17.8 Å². The van der Waals surface area contributed by atoms with Gasteiger partial charge in [0, 0.05) is 0 Å². The van der Waals surface area contributed by atoms with Crippen LogP contribution >= 0.6 is 0 Å². The third kappa shape index (κ3) is 3.00. The number of aliphatic carboxylic acids is 1. The number of para-hydroxylation sites is 1. The number of rotatable bonds is 6. The number of aromatic hydroxyl groups is 1. The Kier molecular flexibility index (Phi) is 3.98. The molecule has 0 radical (unpaired) electrons. The van der Waals surface area contributed by atoms with Crippen molar-refractivity contribution >= 4 is 5.97 Å². The molecular formula is C15H20O4. The van der Waals surface area contributed by atoms with E-state index in [0.29, 0.717) is 18.8 Å². The van der Waals surface area contributed by atoms with Crippen molar-refractivity contribution in [3.05, 3.63) is 23.8 Å². The highest BCUT2D eigenvalue weighted by molar-refractivity contribution is 5.73. The summed E-state index contributed by atoms with van der Waals surface area (Å²) in [7, 11) is 0. The summed E-state index contributed by atoms with van der Waals surface area (Å²) in [4.78, 5) is 10.9. The minimum Gasteiger partial charge on any atom is -0.504 e. The third-order valence-corrected chi connectivity index (χ3v) is 3.81. The third-order valence-electron chi connectivity index (χ3n) is 3.81. The van der Waals surface area contributed by atoms with Gasteiger partial charge in [-0.25, -0.2) is 0 Å². The van der Waals surface area contributed by atoms with Crippen LogP contribution in [0.2, 0.25) is 0 Å². The van der Waals surface area contributed by atoms with Crippen molar-refractivity contribution in [3.8, 4) is 11.5 Å². The van der Waals surface area contributed by atoms with Crippen molar-refractivity contribution in [2.45, 2.75) is 26.7 Å². The Bertz CT molecular complexity index is 469. The van der Waals surface area contributed by atoms with Gasteiger partial charge in [-0.05, 0) is 43.2 Å². The zero-order valence-corrected chi connectivity index (χ0v) is 11.3. The fraction of sp³-hybridized carbons (Fsp3) is 0.533. The number of ether oxygens (including phenoxy) is 1. The number of hydrogen-bond donors (Lipinski definition) is 2. The normalized spacial score (nSPS) is 22.8. The Hall–Kier alpha value is -1.71. The maximum atomic E-state index is 10.9. The lowest BCUT2D eigenvalue weighted by atomic mass is 9.95. The number of benzene rings is 1. The largest absolute Gasteiger partial charge is 0.504 e. The number of carboxylic acids is 1. The second-order valence-corrected chi connectivity index (χ2v) is 5.22. The molecule has 3 atom stereocenters. The van der Waals surface area contributed by atoms with Gasteiger partial charge in [-0.1, -0.05) is 19.1 Å². The standard InChI is InChI=1S/C15H20O4/c1-3-19-13-6-4-5-10(14(13)16)7-9(2)11-8-12(11)15(17)18/h4-6,9,11-12,16H,3,7-8H2,1-2H3,(H,17,18). The number of phenols is 1. The molecule has 3 unspecified atom stereocenters. The van der Waals surface area contributed by atoms with Crippen molar-refractivity contribution in [1.82, 2.24) is 0 Å². The highest BCUT2D eigenvalue weighted by atomic mass is 16.5. The molecule has 0 aromatic heterocycles. The quantitative estimate of drug-likeness (QED) is 0.829. The lowest BCUT2D eigenvalue weighted by Crippen LogP contribution is -2.08. The average Bonchev–Trinajstić information content (AvgIpc) is 3.14. The molecule has 1 saturated carbocycles. The molecule has 0 aliphatic heterocycles. The topological polar surface area (TPSA) is 66.8 Å². The molecule has 0 saturated heterocycles. The summed E-state index contributed by atoms with van der Waals surface area (Å²) in [6, 6.07) is 5.46. The number of carboxylic acid groups (broad SMARTS) is 1. The molecule has 104 valence electrons. The molecule has 2 N–H and O–H groups in total. The molecule has 0 heterocycles. The van der Waals surface area contributed by atoms with Crippen molar-refractivity contribution in [2.75, 3.05) is 6.61 Å². The van der Waals surface area contributed by atoms with E-state index in [2.05, 4.69) is 0 Å². The molecule has 1 aliphatic carbocycles. The van der Waals surface area contributed by atoms with Crippen LogP contribution in [-0.4, -0.2) is 22.8 Å². The molecular weight excluding hydrogens is 244 g/mol. The van der Waals surface area contributed by atoms with Gasteiger partial charge in [-0.2, -0.15) is 0 Å². The van der Waals surface area contributed by atoms with Gasteiger partial charge < -0.3 is 14.9 Å². The van der Waals surface area contributed by atoms with E-state index >= 15 is 0 Å². The lowest BCUT2D eigenvalue weighted by molar-refractivity contribution is -0.139. The first-order valence-electron chi connectivity index (χ1n) is 6.71. The predicted molar refractivity (Wildman–Crippen MR) is 71.4 cm³/mol. The molecule has 4 nitrogen and oxygen atoms in total. The molecule has 4 heteroatoms. The molecule has 0 bridgehead atoms. The summed E-state index contributed by atoms with van der Waals surface area (Å²) in [6.45, 7) is 4.42. The minimum atomic E-state index is -0.705. The van der Waals surface area contributed by atoms with Crippen LogP contribution in [0.4, 0.5) is 0 Å². The highest BCUT2D eigenvalue weighted by Gasteiger charge is 2.46. The smallest absolute Gasteiger partial charge is 0.306 e. The van der Waals surface area contributed by atoms with E-state index in [1.165, 1.54) is 0 Å². The van der Waals surface area contributed by atoms with E-state index in [1.54, 1.807) is 6.07 Å². The van der Waals surface area contributed by atoms with Gasteiger partial charge in [0.25, 0.3) is 0 Å². The van der Waals surface area contributed by atoms with E-state index < -0.39 is 5.97 Å². The van der Waals surface area contributed by atoms with Gasteiger partial charge >= 0.3 is 5.97 Å². The second-order valence-electron chi connectivity index (χ2n) is 5.22. The van der Waals surface area contributed by atoms with Crippen molar-refractivity contribution < 1.29 is 19.7 Å². The molecule has 1 fully saturated rings. The molecule has 1 aromatic rings. The predicted octanol–water partition coefficient (Wildman–Crippen LogP) is 2.69. The van der Waals surface area contributed by atoms with Crippen molar-refractivity contribution in [3.63, 3.8) is 0 Å². The maximum Gasteiger partial charge on any atom is 0.306 e. The maximum absolute atomic E-state index is 10.9. The van der Waals surface area contributed by atoms with E-state index in [4.69, 9.17) is 9.84 Å². The Labute approximate surface area is 113 Å². The van der Waals surface area contributed by atoms with Gasteiger partial charge in [0.15, 0.2) is 11.5 Å². The van der Waals surface area contributed by atoms with Gasteiger partial charge in [-0.3, -0.25) is 4.79 Å². The molecule has 0 spiro atoms. The van der Waals surface area contributed by atoms with Crippen LogP contribution in [0.3, 0.4) is 0 Å². The summed E-state index contributed by atoms with van der Waals surface area (Å²) in [5, 5.41) is 19.0. The molecule has 19 heavy (non-hydrogen) atoms. The number of carbonyl (C=O) groups is 1. The van der Waals surface area contributed by atoms with Crippen LogP contribution < -0.4 is 4.74 Å².